The Balaban J connectivity index is 1.83. The molecule has 6 heteroatoms. The van der Waals surface area contributed by atoms with Gasteiger partial charge in [0.1, 0.15) is 0 Å². The van der Waals surface area contributed by atoms with Gasteiger partial charge in [0.2, 0.25) is 5.56 Å². The summed E-state index contributed by atoms with van der Waals surface area (Å²) in [5.41, 5.74) is 1.97. The summed E-state index contributed by atoms with van der Waals surface area (Å²) in [6.45, 7) is 3.63. The number of carbonyl (C=O) groups is 1. The number of amides is 1. The van der Waals surface area contributed by atoms with Crippen LogP contribution in [0.5, 0.6) is 0 Å². The number of nitrogens with one attached hydrogen (secondary N) is 1. The molecule has 3 rings (SSSR count). The fourth-order valence-electron chi connectivity index (χ4n) is 2.85. The fraction of sp³-hybridized carbons (Fsp3) is 0.412. The van der Waals surface area contributed by atoms with Crippen LogP contribution in [0.2, 0.25) is 0 Å². The highest BCUT2D eigenvalue weighted by Crippen LogP contribution is 2.18. The topological polar surface area (TPSA) is 62.4 Å². The number of H-pyrrole nitrogens is 1. The van der Waals surface area contributed by atoms with Crippen molar-refractivity contribution < 1.29 is 9.53 Å². The summed E-state index contributed by atoms with van der Waals surface area (Å²) in [7, 11) is 0. The molecule has 1 N–H and O–H groups in total. The van der Waals surface area contributed by atoms with Crippen LogP contribution in [-0.2, 0) is 11.3 Å². The van der Waals surface area contributed by atoms with Gasteiger partial charge in [-0.3, -0.25) is 9.59 Å². The Morgan fingerprint density at radius 1 is 1.48 bits per heavy atom. The quantitative estimate of drug-likeness (QED) is 0.915. The van der Waals surface area contributed by atoms with Gasteiger partial charge in [-0.25, -0.2) is 0 Å². The van der Waals surface area contributed by atoms with Gasteiger partial charge >= 0.3 is 0 Å². The minimum absolute atomic E-state index is 0.0840. The smallest absolute Gasteiger partial charge is 0.254 e. The van der Waals surface area contributed by atoms with Crippen LogP contribution in [0, 0.1) is 6.92 Å². The van der Waals surface area contributed by atoms with Gasteiger partial charge in [0.15, 0.2) is 0 Å². The summed E-state index contributed by atoms with van der Waals surface area (Å²) in [5, 5.41) is 4.04. The first-order valence-electron chi connectivity index (χ1n) is 7.75. The number of hydrogen-bond donors (Lipinski definition) is 1. The van der Waals surface area contributed by atoms with Crippen molar-refractivity contribution in [1.82, 2.24) is 9.88 Å². The van der Waals surface area contributed by atoms with Crippen LogP contribution in [0.4, 0.5) is 0 Å². The molecule has 1 amide bonds. The second-order valence-corrected chi connectivity index (χ2v) is 6.65. The van der Waals surface area contributed by atoms with Crippen LogP contribution in [0.15, 0.2) is 33.8 Å². The lowest BCUT2D eigenvalue weighted by atomic mass is 10.1. The standard InChI is InChI=1S/C17H20N2O3S/c1-12-7-14(8-16(20)18-12)17(21)19(9-13-4-6-23-11-13)10-15-3-2-5-22-15/h4,6-8,11,15H,2-3,5,9-10H2,1H3,(H,18,20)/t15-/m0/s1. The van der Waals surface area contributed by atoms with Crippen molar-refractivity contribution in [2.45, 2.75) is 32.4 Å². The molecule has 1 aliphatic heterocycles. The Hall–Kier alpha value is -1.92. The number of aryl methyl sites for hydroxylation is 1. The van der Waals surface area contributed by atoms with Crippen molar-refractivity contribution in [3.63, 3.8) is 0 Å². The lowest BCUT2D eigenvalue weighted by Crippen LogP contribution is -2.37. The fourth-order valence-corrected chi connectivity index (χ4v) is 3.50. The third-order valence-electron chi connectivity index (χ3n) is 3.91. The molecule has 3 heterocycles. The zero-order valence-electron chi connectivity index (χ0n) is 13.1. The third-order valence-corrected chi connectivity index (χ3v) is 4.65. The lowest BCUT2D eigenvalue weighted by molar-refractivity contribution is 0.0507. The molecular formula is C17H20N2O3S. The van der Waals surface area contributed by atoms with Gasteiger partial charge in [0, 0.05) is 37.0 Å². The van der Waals surface area contributed by atoms with Crippen molar-refractivity contribution in [2.75, 3.05) is 13.2 Å². The lowest BCUT2D eigenvalue weighted by Gasteiger charge is -2.25. The van der Waals surface area contributed by atoms with Gasteiger partial charge in [0.25, 0.3) is 5.91 Å². The Bertz CT molecular complexity index is 718. The van der Waals surface area contributed by atoms with Gasteiger partial charge in [-0.2, -0.15) is 11.3 Å². The average Bonchev–Trinajstić information content (AvgIpc) is 3.18. The van der Waals surface area contributed by atoms with Gasteiger partial charge in [-0.1, -0.05) is 0 Å². The molecule has 1 atom stereocenters. The number of nitrogens with zero attached hydrogens (tertiary/aromatic N) is 1. The normalized spacial score (nSPS) is 17.3. The monoisotopic (exact) mass is 332 g/mol. The number of aromatic nitrogens is 1. The van der Waals surface area contributed by atoms with Crippen LogP contribution in [0.25, 0.3) is 0 Å². The summed E-state index contributed by atoms with van der Waals surface area (Å²) in [5.74, 6) is -0.124. The molecule has 0 aliphatic carbocycles. The van der Waals surface area contributed by atoms with Gasteiger partial charge in [-0.15, -0.1) is 0 Å². The summed E-state index contributed by atoms with van der Waals surface area (Å²) in [6.07, 6.45) is 2.09. The highest BCUT2D eigenvalue weighted by atomic mass is 32.1. The Morgan fingerprint density at radius 2 is 2.35 bits per heavy atom. The molecule has 0 aromatic carbocycles. The number of hydrogen-bond acceptors (Lipinski definition) is 4. The minimum atomic E-state index is -0.249. The van der Waals surface area contributed by atoms with Gasteiger partial charge in [0.05, 0.1) is 6.10 Å². The second kappa shape index (κ2) is 7.10. The van der Waals surface area contributed by atoms with E-state index in [0.29, 0.717) is 24.3 Å². The van der Waals surface area contributed by atoms with Crippen molar-refractivity contribution in [1.29, 1.82) is 0 Å². The molecule has 1 saturated heterocycles. The number of carbonyl (C=O) groups excluding carboxylic acids is 1. The summed E-state index contributed by atoms with van der Waals surface area (Å²) in [6, 6.07) is 5.11. The zero-order valence-corrected chi connectivity index (χ0v) is 13.9. The van der Waals surface area contributed by atoms with Crippen molar-refractivity contribution in [2.24, 2.45) is 0 Å². The predicted octanol–water partition coefficient (Wildman–Crippen LogP) is 2.57. The number of ether oxygens (including phenoxy) is 1. The molecule has 5 nitrogen and oxygen atoms in total. The Kier molecular flexibility index (Phi) is 4.93. The average molecular weight is 332 g/mol. The van der Waals surface area contributed by atoms with E-state index in [1.807, 2.05) is 16.8 Å². The molecule has 0 spiro atoms. The van der Waals surface area contributed by atoms with E-state index in [1.165, 1.54) is 6.07 Å². The second-order valence-electron chi connectivity index (χ2n) is 5.87. The molecule has 0 saturated carbocycles. The number of rotatable bonds is 5. The van der Waals surface area contributed by atoms with Crippen LogP contribution >= 0.6 is 11.3 Å². The largest absolute Gasteiger partial charge is 0.376 e. The van der Waals surface area contributed by atoms with Crippen molar-refractivity contribution in [3.05, 3.63) is 56.1 Å². The molecule has 1 fully saturated rings. The Morgan fingerprint density at radius 3 is 3.00 bits per heavy atom. The van der Waals surface area contributed by atoms with Crippen LogP contribution in [0.3, 0.4) is 0 Å². The third kappa shape index (κ3) is 4.09. The summed E-state index contributed by atoms with van der Waals surface area (Å²) in [4.78, 5) is 29.0. The molecule has 2 aromatic rings. The van der Waals surface area contributed by atoms with E-state index >= 15 is 0 Å². The van der Waals surface area contributed by atoms with Crippen molar-refractivity contribution in [3.8, 4) is 0 Å². The molecule has 0 radical (unpaired) electrons. The van der Waals surface area contributed by atoms with Gasteiger partial charge in [-0.05, 0) is 48.2 Å². The molecule has 122 valence electrons. The highest BCUT2D eigenvalue weighted by Gasteiger charge is 2.24. The van der Waals surface area contributed by atoms with Gasteiger partial charge < -0.3 is 14.6 Å². The minimum Gasteiger partial charge on any atom is -0.376 e. The summed E-state index contributed by atoms with van der Waals surface area (Å²) >= 11 is 1.61. The maximum absolute atomic E-state index is 12.9. The first-order chi connectivity index (χ1) is 11.1. The maximum atomic E-state index is 12.9. The van der Waals surface area contributed by atoms with Crippen molar-refractivity contribution >= 4 is 17.2 Å². The first kappa shape index (κ1) is 16.0. The number of pyridine rings is 1. The van der Waals surface area contributed by atoms with E-state index in [1.54, 1.807) is 29.2 Å². The highest BCUT2D eigenvalue weighted by molar-refractivity contribution is 7.07. The molecule has 2 aromatic heterocycles. The van der Waals surface area contributed by atoms with Crippen LogP contribution in [-0.4, -0.2) is 35.0 Å². The summed E-state index contributed by atoms with van der Waals surface area (Å²) < 4.78 is 5.68. The van der Waals surface area contributed by atoms with E-state index in [0.717, 1.165) is 25.0 Å². The Labute approximate surface area is 138 Å². The van der Waals surface area contributed by atoms with E-state index in [2.05, 4.69) is 4.98 Å². The predicted molar refractivity (Wildman–Crippen MR) is 89.8 cm³/mol. The van der Waals surface area contributed by atoms with E-state index < -0.39 is 0 Å². The van der Waals surface area contributed by atoms with Crippen LogP contribution < -0.4 is 5.56 Å². The maximum Gasteiger partial charge on any atom is 0.254 e. The van der Waals surface area contributed by atoms with Crippen LogP contribution in [0.1, 0.15) is 34.5 Å². The van der Waals surface area contributed by atoms with E-state index in [4.69, 9.17) is 4.74 Å². The molecule has 0 unspecified atom stereocenters. The molecule has 23 heavy (non-hydrogen) atoms. The number of aromatic amines is 1. The first-order valence-corrected chi connectivity index (χ1v) is 8.69. The SMILES string of the molecule is Cc1cc(C(=O)N(Cc2ccsc2)C[C@@H]2CCCO2)cc(=O)[nH]1. The van der Waals surface area contributed by atoms with E-state index in [-0.39, 0.29) is 17.6 Å². The zero-order chi connectivity index (χ0) is 16.2. The molecule has 1 aliphatic rings. The van der Waals surface area contributed by atoms with E-state index in [9.17, 15) is 9.59 Å². The molecular weight excluding hydrogens is 312 g/mol. The molecule has 0 bridgehead atoms. The number of thiophene rings is 1.